The minimum atomic E-state index is -0.562. The highest BCUT2D eigenvalue weighted by atomic mass is 35.5. The molecular formula is C26H28ClFO3. The molecule has 2 atom stereocenters. The van der Waals surface area contributed by atoms with Gasteiger partial charge >= 0.3 is 0 Å². The van der Waals surface area contributed by atoms with E-state index in [4.69, 9.17) is 16.3 Å². The molecule has 164 valence electrons. The summed E-state index contributed by atoms with van der Waals surface area (Å²) >= 11 is 5.83. The number of aliphatic hydroxyl groups excluding tert-OH is 1. The van der Waals surface area contributed by atoms with Crippen LogP contribution in [0.3, 0.4) is 0 Å². The van der Waals surface area contributed by atoms with E-state index in [0.717, 1.165) is 24.8 Å². The molecular weight excluding hydrogens is 415 g/mol. The van der Waals surface area contributed by atoms with E-state index < -0.39 is 11.2 Å². The molecule has 31 heavy (non-hydrogen) atoms. The van der Waals surface area contributed by atoms with Crippen LogP contribution in [0.5, 0.6) is 11.5 Å². The van der Waals surface area contributed by atoms with Gasteiger partial charge in [0.2, 0.25) is 0 Å². The van der Waals surface area contributed by atoms with Crippen LogP contribution in [-0.4, -0.2) is 10.9 Å². The molecule has 2 aromatic rings. The Morgan fingerprint density at radius 3 is 2.61 bits per heavy atom. The highest BCUT2D eigenvalue weighted by Gasteiger charge is 2.58. The normalized spacial score (nSPS) is 25.0. The first-order valence-corrected chi connectivity index (χ1v) is 11.2. The summed E-state index contributed by atoms with van der Waals surface area (Å²) < 4.78 is 20.0. The Labute approximate surface area is 187 Å². The number of hydrogen-bond acceptors (Lipinski definition) is 3. The monoisotopic (exact) mass is 442 g/mol. The lowest BCUT2D eigenvalue weighted by Crippen LogP contribution is -2.52. The van der Waals surface area contributed by atoms with E-state index in [-0.39, 0.29) is 33.6 Å². The summed E-state index contributed by atoms with van der Waals surface area (Å²) in [5.41, 5.74) is 1.22. The number of ketones is 1. The molecule has 0 spiro atoms. The highest BCUT2D eigenvalue weighted by molar-refractivity contribution is 6.30. The largest absolute Gasteiger partial charge is 0.511 e. The zero-order chi connectivity index (χ0) is 22.6. The fourth-order valence-electron chi connectivity index (χ4n) is 5.28. The van der Waals surface area contributed by atoms with E-state index in [1.54, 1.807) is 18.2 Å². The van der Waals surface area contributed by atoms with Crippen LogP contribution in [0.4, 0.5) is 4.39 Å². The van der Waals surface area contributed by atoms with Gasteiger partial charge in [-0.05, 0) is 66.1 Å². The summed E-state index contributed by atoms with van der Waals surface area (Å²) in [5, 5.41) is 11.7. The molecule has 0 aromatic heterocycles. The number of carbonyl (C=O) groups excluding carboxylic acids is 1. The molecule has 0 aliphatic heterocycles. The van der Waals surface area contributed by atoms with Crippen molar-refractivity contribution in [1.29, 1.82) is 0 Å². The number of rotatable bonds is 4. The quantitative estimate of drug-likeness (QED) is 0.532. The number of Topliss-reactive ketones (excluding diaryl/α,β-unsaturated/α-hetero) is 1. The zero-order valence-corrected chi connectivity index (χ0v) is 19.1. The second kappa shape index (κ2) is 7.67. The molecule has 0 saturated heterocycles. The second-order valence-electron chi connectivity index (χ2n) is 9.44. The molecule has 5 heteroatoms. The minimum absolute atomic E-state index is 0.0100. The van der Waals surface area contributed by atoms with Crippen molar-refractivity contribution in [3.8, 4) is 11.5 Å². The first-order chi connectivity index (χ1) is 14.6. The molecule has 1 N–H and O–H groups in total. The number of halogens is 2. The van der Waals surface area contributed by atoms with Crippen LogP contribution in [0.15, 0.2) is 42.2 Å². The van der Waals surface area contributed by atoms with Crippen LogP contribution in [0.1, 0.15) is 58.1 Å². The number of benzene rings is 2. The third kappa shape index (κ3) is 3.36. The third-order valence-electron chi connectivity index (χ3n) is 7.64. The van der Waals surface area contributed by atoms with E-state index in [9.17, 15) is 14.3 Å². The topological polar surface area (TPSA) is 46.5 Å². The fourth-order valence-corrected chi connectivity index (χ4v) is 5.44. The predicted molar refractivity (Wildman–Crippen MR) is 121 cm³/mol. The molecule has 2 aromatic carbocycles. The van der Waals surface area contributed by atoms with E-state index in [1.807, 2.05) is 13.0 Å². The van der Waals surface area contributed by atoms with E-state index in [1.165, 1.54) is 12.1 Å². The molecule has 4 rings (SSSR count). The van der Waals surface area contributed by atoms with Crippen molar-refractivity contribution in [3.63, 3.8) is 0 Å². The summed E-state index contributed by atoms with van der Waals surface area (Å²) in [6, 6.07) is 9.61. The average molecular weight is 443 g/mol. The Morgan fingerprint density at radius 1 is 1.19 bits per heavy atom. The Balaban J connectivity index is 1.84. The first-order valence-electron chi connectivity index (χ1n) is 10.8. The lowest BCUT2D eigenvalue weighted by Gasteiger charge is -2.55. The average Bonchev–Trinajstić information content (AvgIpc) is 2.71. The number of hydrogen-bond donors (Lipinski definition) is 1. The highest BCUT2D eigenvalue weighted by Crippen LogP contribution is 2.62. The van der Waals surface area contributed by atoms with Gasteiger partial charge < -0.3 is 9.84 Å². The molecule has 2 aliphatic carbocycles. The van der Waals surface area contributed by atoms with Gasteiger partial charge in [-0.25, -0.2) is 4.39 Å². The summed E-state index contributed by atoms with van der Waals surface area (Å²) in [6.07, 6.45) is 3.28. The van der Waals surface area contributed by atoms with Crippen LogP contribution in [0.2, 0.25) is 5.02 Å². The second-order valence-corrected chi connectivity index (χ2v) is 9.87. The lowest BCUT2D eigenvalue weighted by atomic mass is 9.48. The number of aryl methyl sites for hydroxylation is 1. The third-order valence-corrected chi connectivity index (χ3v) is 7.87. The maximum absolute atomic E-state index is 14.2. The predicted octanol–water partition coefficient (Wildman–Crippen LogP) is 7.52. The summed E-state index contributed by atoms with van der Waals surface area (Å²) in [5.74, 6) is -0.0834. The number of carbonyl (C=O) groups is 1. The molecule has 2 bridgehead atoms. The van der Waals surface area contributed by atoms with Crippen molar-refractivity contribution >= 4 is 23.0 Å². The molecule has 3 nitrogen and oxygen atoms in total. The number of allylic oxidation sites excluding steroid dienone is 2. The fraction of sp³-hybridized carbons (Fsp3) is 0.423. The Bertz CT molecular complexity index is 1090. The zero-order valence-electron chi connectivity index (χ0n) is 18.4. The van der Waals surface area contributed by atoms with Crippen molar-refractivity contribution in [2.45, 2.75) is 53.4 Å². The smallest absolute Gasteiger partial charge is 0.170 e. The summed E-state index contributed by atoms with van der Waals surface area (Å²) in [7, 11) is 0. The van der Waals surface area contributed by atoms with Crippen LogP contribution in [0, 0.1) is 22.6 Å². The van der Waals surface area contributed by atoms with Gasteiger partial charge in [0.15, 0.2) is 17.3 Å². The lowest BCUT2D eigenvalue weighted by molar-refractivity contribution is -0.131. The van der Waals surface area contributed by atoms with Crippen LogP contribution < -0.4 is 4.74 Å². The van der Waals surface area contributed by atoms with Gasteiger partial charge in [0.1, 0.15) is 11.5 Å². The van der Waals surface area contributed by atoms with Gasteiger partial charge in [-0.1, -0.05) is 51.8 Å². The SMILES string of the molecule is CCc1ccc(Oc2ccc(Cl)cc2F)cc1C1=C(O)[C@@]2(C)CCC[C@@H](C1=O)C2(C)C. The van der Waals surface area contributed by atoms with Gasteiger partial charge in [-0.3, -0.25) is 4.79 Å². The van der Waals surface area contributed by atoms with E-state index >= 15 is 0 Å². The van der Waals surface area contributed by atoms with Gasteiger partial charge in [0.05, 0.1) is 5.57 Å². The van der Waals surface area contributed by atoms with Crippen molar-refractivity contribution in [2.24, 2.45) is 16.7 Å². The van der Waals surface area contributed by atoms with Crippen molar-refractivity contribution in [1.82, 2.24) is 0 Å². The van der Waals surface area contributed by atoms with Gasteiger partial charge in [0, 0.05) is 16.4 Å². The maximum atomic E-state index is 14.2. The molecule has 0 unspecified atom stereocenters. The first kappa shape index (κ1) is 21.9. The summed E-state index contributed by atoms with van der Waals surface area (Å²) in [6.45, 7) is 8.25. The number of fused-ring (bicyclic) bond motifs is 2. The van der Waals surface area contributed by atoms with E-state index in [2.05, 4.69) is 20.8 Å². The van der Waals surface area contributed by atoms with Crippen molar-refractivity contribution in [2.75, 3.05) is 0 Å². The van der Waals surface area contributed by atoms with Crippen molar-refractivity contribution < 1.29 is 19.0 Å². The molecule has 2 aliphatic rings. The van der Waals surface area contributed by atoms with Gasteiger partial charge in [-0.15, -0.1) is 0 Å². The molecule has 0 heterocycles. The van der Waals surface area contributed by atoms with Crippen LogP contribution in [0.25, 0.3) is 5.57 Å². The standard InChI is InChI=1S/C26H28ClFO3/c1-5-15-8-10-17(31-21-11-9-16(27)13-20(21)28)14-18(15)22-23(29)19-7-6-12-26(4,24(22)30)25(19,2)3/h8-11,13-14,19,30H,5-7,12H2,1-4H3/t19-,26+/m0/s1. The van der Waals surface area contributed by atoms with Crippen molar-refractivity contribution in [3.05, 3.63) is 64.1 Å². The van der Waals surface area contributed by atoms with Gasteiger partial charge in [0.25, 0.3) is 0 Å². The van der Waals surface area contributed by atoms with E-state index in [0.29, 0.717) is 23.3 Å². The maximum Gasteiger partial charge on any atom is 0.170 e. The summed E-state index contributed by atoms with van der Waals surface area (Å²) in [4.78, 5) is 13.6. The minimum Gasteiger partial charge on any atom is -0.511 e. The van der Waals surface area contributed by atoms with Crippen LogP contribution >= 0.6 is 11.6 Å². The van der Waals surface area contributed by atoms with Crippen LogP contribution in [-0.2, 0) is 11.2 Å². The number of ether oxygens (including phenoxy) is 1. The number of aliphatic hydroxyl groups is 1. The molecule has 1 saturated carbocycles. The molecule has 0 amide bonds. The Hall–Kier alpha value is -2.33. The molecule has 0 radical (unpaired) electrons. The van der Waals surface area contributed by atoms with Gasteiger partial charge in [-0.2, -0.15) is 0 Å². The Morgan fingerprint density at radius 2 is 1.94 bits per heavy atom. The Kier molecular flexibility index (Phi) is 5.41. The molecule has 1 fully saturated rings.